The van der Waals surface area contributed by atoms with Gasteiger partial charge in [0.05, 0.1) is 0 Å². The molecule has 1 saturated carbocycles. The van der Waals surface area contributed by atoms with Crippen molar-refractivity contribution in [1.29, 1.82) is 0 Å². The Labute approximate surface area is 174 Å². The Hall–Kier alpha value is -1.13. The fraction of sp³-hybridized carbons (Fsp3) is 0.556. The van der Waals surface area contributed by atoms with Gasteiger partial charge in [-0.3, -0.25) is 0 Å². The summed E-state index contributed by atoms with van der Waals surface area (Å²) in [6, 6.07) is 20.9. The first-order valence-electron chi connectivity index (χ1n) is 11.2. The number of benzene rings is 2. The van der Waals surface area contributed by atoms with Crippen molar-refractivity contribution in [2.75, 3.05) is 0 Å². The van der Waals surface area contributed by atoms with Gasteiger partial charge in [-0.15, -0.1) is 0 Å². The maximum absolute atomic E-state index is 2.47. The Bertz CT molecular complexity index is 723. The molecule has 0 radical (unpaired) electrons. The van der Waals surface area contributed by atoms with Crippen LogP contribution in [-0.2, 0) is 11.6 Å². The van der Waals surface area contributed by atoms with Crippen LogP contribution in [0.3, 0.4) is 0 Å². The monoisotopic (exact) mass is 394 g/mol. The molecule has 1 aliphatic rings. The van der Waals surface area contributed by atoms with Crippen LogP contribution < -0.4 is 5.30 Å². The van der Waals surface area contributed by atoms with Crippen LogP contribution in [0.1, 0.15) is 71.9 Å². The zero-order chi connectivity index (χ0) is 20.3. The molecule has 4 unspecified atom stereocenters. The van der Waals surface area contributed by atoms with E-state index in [0.717, 1.165) is 23.4 Å². The van der Waals surface area contributed by atoms with Gasteiger partial charge in [0.15, 0.2) is 0 Å². The lowest BCUT2D eigenvalue weighted by Crippen LogP contribution is -2.33. The maximum Gasteiger partial charge on any atom is -0.00302 e. The number of hydrogen-bond acceptors (Lipinski definition) is 0. The van der Waals surface area contributed by atoms with Crippen LogP contribution in [-0.4, -0.2) is 5.66 Å². The minimum absolute atomic E-state index is 0.186. The molecule has 0 N–H and O–H groups in total. The molecule has 0 heterocycles. The quantitative estimate of drug-likeness (QED) is 0.455. The molecule has 0 saturated heterocycles. The highest BCUT2D eigenvalue weighted by Gasteiger charge is 2.36. The summed E-state index contributed by atoms with van der Waals surface area (Å²) < 4.78 is 0. The molecule has 28 heavy (non-hydrogen) atoms. The smallest absolute Gasteiger partial charge is 0.00302 e. The second-order valence-corrected chi connectivity index (χ2v) is 12.7. The second-order valence-electron chi connectivity index (χ2n) is 10.3. The lowest BCUT2D eigenvalue weighted by atomic mass is 9.77. The zero-order valence-corrected chi connectivity index (χ0v) is 19.7. The van der Waals surface area contributed by atoms with Gasteiger partial charge in [-0.25, -0.2) is 0 Å². The number of hydrogen-bond donors (Lipinski definition) is 0. The Morgan fingerprint density at radius 1 is 0.929 bits per heavy atom. The Balaban J connectivity index is 1.91. The average molecular weight is 395 g/mol. The van der Waals surface area contributed by atoms with Crippen molar-refractivity contribution in [2.45, 2.75) is 78.0 Å². The summed E-state index contributed by atoms with van der Waals surface area (Å²) in [4.78, 5) is 0. The van der Waals surface area contributed by atoms with E-state index >= 15 is 0 Å². The van der Waals surface area contributed by atoms with Gasteiger partial charge in [0.2, 0.25) is 0 Å². The van der Waals surface area contributed by atoms with Crippen molar-refractivity contribution in [2.24, 2.45) is 17.8 Å². The van der Waals surface area contributed by atoms with E-state index in [1.807, 2.05) is 0 Å². The van der Waals surface area contributed by atoms with Crippen LogP contribution in [0.25, 0.3) is 0 Å². The largest absolute Gasteiger partial charge is 0.0674 e. The summed E-state index contributed by atoms with van der Waals surface area (Å²) in [5.41, 5.74) is 4.03. The van der Waals surface area contributed by atoms with Gasteiger partial charge in [-0.2, -0.15) is 0 Å². The van der Waals surface area contributed by atoms with Crippen LogP contribution in [0, 0.1) is 17.8 Å². The van der Waals surface area contributed by atoms with Gasteiger partial charge in [-0.1, -0.05) is 110 Å². The summed E-state index contributed by atoms with van der Waals surface area (Å²) in [5, 5.41) is 1.60. The summed E-state index contributed by atoms with van der Waals surface area (Å²) >= 11 is 0. The lowest BCUT2D eigenvalue weighted by molar-refractivity contribution is 0.241. The lowest BCUT2D eigenvalue weighted by Gasteiger charge is -2.42. The minimum atomic E-state index is -0.186. The Morgan fingerprint density at radius 2 is 1.57 bits per heavy atom. The Morgan fingerprint density at radius 3 is 2.14 bits per heavy atom. The summed E-state index contributed by atoms with van der Waals surface area (Å²) in [6.45, 7) is 14.3. The molecule has 2 aromatic carbocycles. The van der Waals surface area contributed by atoms with Crippen LogP contribution in [0.2, 0.25) is 0 Å². The van der Waals surface area contributed by atoms with E-state index in [1.54, 1.807) is 5.30 Å². The number of rotatable bonds is 5. The van der Waals surface area contributed by atoms with Crippen LogP contribution >= 0.6 is 7.92 Å². The first kappa shape index (κ1) is 21.6. The molecular weight excluding hydrogens is 355 g/mol. The van der Waals surface area contributed by atoms with Crippen molar-refractivity contribution in [3.05, 3.63) is 65.7 Å². The van der Waals surface area contributed by atoms with Crippen LogP contribution in [0.15, 0.2) is 54.6 Å². The maximum atomic E-state index is 2.47. The van der Waals surface area contributed by atoms with Crippen molar-refractivity contribution in [3.8, 4) is 0 Å². The normalized spacial score (nSPS) is 24.3. The molecule has 0 aliphatic heterocycles. The van der Waals surface area contributed by atoms with Gasteiger partial charge < -0.3 is 0 Å². The molecule has 4 atom stereocenters. The van der Waals surface area contributed by atoms with Gasteiger partial charge in [0.25, 0.3) is 0 Å². The van der Waals surface area contributed by atoms with Gasteiger partial charge in [-0.05, 0) is 64.3 Å². The van der Waals surface area contributed by atoms with E-state index in [4.69, 9.17) is 0 Å². The molecule has 152 valence electrons. The predicted octanol–water partition coefficient (Wildman–Crippen LogP) is 7.75. The highest BCUT2D eigenvalue weighted by Crippen LogP contribution is 2.54. The van der Waals surface area contributed by atoms with E-state index < -0.39 is 0 Å². The Kier molecular flexibility index (Phi) is 7.03. The van der Waals surface area contributed by atoms with Crippen LogP contribution in [0.5, 0.6) is 0 Å². The third kappa shape index (κ3) is 5.27. The van der Waals surface area contributed by atoms with E-state index in [2.05, 4.69) is 96.1 Å². The molecule has 0 amide bonds. The second kappa shape index (κ2) is 9.13. The van der Waals surface area contributed by atoms with E-state index in [-0.39, 0.29) is 13.3 Å². The molecule has 1 aliphatic carbocycles. The van der Waals surface area contributed by atoms with Crippen molar-refractivity contribution >= 4 is 13.2 Å². The molecule has 0 nitrogen and oxygen atoms in total. The third-order valence-corrected chi connectivity index (χ3v) is 9.71. The molecule has 1 heteroatoms. The first-order chi connectivity index (χ1) is 13.3. The van der Waals surface area contributed by atoms with E-state index in [9.17, 15) is 0 Å². The van der Waals surface area contributed by atoms with Gasteiger partial charge in [0.1, 0.15) is 0 Å². The highest BCUT2D eigenvalue weighted by molar-refractivity contribution is 7.65. The van der Waals surface area contributed by atoms with Crippen molar-refractivity contribution < 1.29 is 0 Å². The fourth-order valence-corrected chi connectivity index (χ4v) is 8.37. The average Bonchev–Trinajstić information content (AvgIpc) is 2.66. The molecule has 3 rings (SSSR count). The van der Waals surface area contributed by atoms with Crippen molar-refractivity contribution in [3.63, 3.8) is 0 Å². The third-order valence-electron chi connectivity index (χ3n) is 6.65. The molecule has 1 fully saturated rings. The minimum Gasteiger partial charge on any atom is -0.0674 e. The van der Waals surface area contributed by atoms with Crippen LogP contribution in [0.4, 0.5) is 0 Å². The summed E-state index contributed by atoms with van der Waals surface area (Å²) in [5.74, 6) is 2.53. The SMILES string of the molecule is CC1CCC(C(C)C)C(P(Cc2ccc(C(C)(C)C)cc2)c2ccccc2)C1. The highest BCUT2D eigenvalue weighted by atomic mass is 31.1. The summed E-state index contributed by atoms with van der Waals surface area (Å²) in [7, 11) is -0.186. The van der Waals surface area contributed by atoms with Crippen molar-refractivity contribution in [1.82, 2.24) is 0 Å². The molecule has 0 bridgehead atoms. The molecule has 0 aromatic heterocycles. The predicted molar refractivity (Wildman–Crippen MR) is 127 cm³/mol. The molecular formula is C27H39P. The topological polar surface area (TPSA) is 0 Å². The van der Waals surface area contributed by atoms with E-state index in [1.165, 1.54) is 36.6 Å². The van der Waals surface area contributed by atoms with E-state index in [0.29, 0.717) is 0 Å². The molecule has 2 aromatic rings. The van der Waals surface area contributed by atoms with Gasteiger partial charge in [0, 0.05) is 0 Å². The zero-order valence-electron chi connectivity index (χ0n) is 18.8. The fourth-order valence-electron chi connectivity index (χ4n) is 4.84. The molecule has 0 spiro atoms. The summed E-state index contributed by atoms with van der Waals surface area (Å²) in [6.07, 6.45) is 5.46. The first-order valence-corrected chi connectivity index (χ1v) is 12.8. The van der Waals surface area contributed by atoms with Gasteiger partial charge >= 0.3 is 0 Å². The standard InChI is InChI=1S/C27H39P/c1-20(2)25-17-12-21(3)18-26(25)28(24-10-8-7-9-11-24)19-22-13-15-23(16-14-22)27(4,5)6/h7-11,13-16,20-21,25-26H,12,17-19H2,1-6H3.